The highest BCUT2D eigenvalue weighted by atomic mass is 35.5. The Balaban J connectivity index is 1.35. The average molecular weight is 513 g/mol. The molecule has 184 valence electrons. The van der Waals surface area contributed by atoms with Crippen LogP contribution >= 0.6 is 23.2 Å². The van der Waals surface area contributed by atoms with Crippen molar-refractivity contribution in [2.24, 2.45) is 5.92 Å². The third-order valence-corrected chi connectivity index (χ3v) is 7.13. The second-order valence-corrected chi connectivity index (χ2v) is 9.66. The molecule has 2 atom stereocenters. The molecule has 0 saturated carbocycles. The molecule has 3 aromatic rings. The summed E-state index contributed by atoms with van der Waals surface area (Å²) in [4.78, 5) is 21.8. The fourth-order valence-electron chi connectivity index (χ4n) is 4.40. The van der Waals surface area contributed by atoms with Crippen LogP contribution in [0.15, 0.2) is 54.9 Å². The lowest BCUT2D eigenvalue weighted by Crippen LogP contribution is -2.47. The number of aryl methyl sites for hydroxylation is 1. The number of nitrogens with one attached hydrogen (secondary N) is 2. The highest BCUT2D eigenvalue weighted by Crippen LogP contribution is 2.25. The van der Waals surface area contributed by atoms with E-state index in [1.165, 1.54) is 0 Å². The maximum absolute atomic E-state index is 12.9. The van der Waals surface area contributed by atoms with Crippen LogP contribution in [0.2, 0.25) is 10.0 Å². The van der Waals surface area contributed by atoms with E-state index in [-0.39, 0.29) is 11.9 Å². The molecule has 2 aromatic carbocycles. The molecule has 2 N–H and O–H groups in total. The molecule has 6 nitrogen and oxygen atoms in total. The van der Waals surface area contributed by atoms with Gasteiger partial charge in [-0.25, -0.2) is 9.97 Å². The van der Waals surface area contributed by atoms with Crippen molar-refractivity contribution in [1.29, 1.82) is 0 Å². The Morgan fingerprint density at radius 3 is 2.54 bits per heavy atom. The number of benzene rings is 2. The van der Waals surface area contributed by atoms with Crippen LogP contribution in [0.5, 0.6) is 5.75 Å². The smallest absolute Gasteiger partial charge is 0.220 e. The number of halogens is 2. The number of carbonyl (C=O) groups excluding carboxylic acids is 1. The van der Waals surface area contributed by atoms with Gasteiger partial charge in [-0.05, 0) is 73.7 Å². The zero-order chi connectivity index (χ0) is 24.6. The van der Waals surface area contributed by atoms with Crippen LogP contribution in [0.25, 0.3) is 11.1 Å². The number of piperidine rings is 1. The summed E-state index contributed by atoms with van der Waals surface area (Å²) in [5.41, 5.74) is 3.00. The third kappa shape index (κ3) is 7.17. The van der Waals surface area contributed by atoms with E-state index >= 15 is 0 Å². The first-order valence-electron chi connectivity index (χ1n) is 11.9. The van der Waals surface area contributed by atoms with Gasteiger partial charge in [-0.2, -0.15) is 0 Å². The van der Waals surface area contributed by atoms with Crippen molar-refractivity contribution in [3.8, 4) is 16.9 Å². The van der Waals surface area contributed by atoms with Gasteiger partial charge in [0.05, 0.1) is 17.2 Å². The van der Waals surface area contributed by atoms with E-state index in [1.807, 2.05) is 42.5 Å². The molecule has 0 aliphatic carbocycles. The van der Waals surface area contributed by atoms with Crippen LogP contribution in [0.4, 0.5) is 0 Å². The molecular formula is C27H30Cl2N4O2. The van der Waals surface area contributed by atoms with E-state index in [0.717, 1.165) is 48.4 Å². The summed E-state index contributed by atoms with van der Waals surface area (Å²) < 4.78 is 5.20. The lowest BCUT2D eigenvalue weighted by atomic mass is 9.87. The minimum absolute atomic E-state index is 0.00321. The van der Waals surface area contributed by atoms with Gasteiger partial charge in [0.2, 0.25) is 5.91 Å². The molecular weight excluding hydrogens is 483 g/mol. The largest absolute Gasteiger partial charge is 0.497 e. The fraction of sp³-hybridized carbons (Fsp3) is 0.370. The molecule has 1 saturated heterocycles. The van der Waals surface area contributed by atoms with Crippen molar-refractivity contribution in [2.75, 3.05) is 20.2 Å². The van der Waals surface area contributed by atoms with Crippen LogP contribution in [-0.4, -0.2) is 42.1 Å². The summed E-state index contributed by atoms with van der Waals surface area (Å²) in [5.74, 6) is 1.82. The Labute approximate surface area is 216 Å². The number of amides is 1. The molecule has 1 aliphatic heterocycles. The summed E-state index contributed by atoms with van der Waals surface area (Å²) >= 11 is 12.3. The number of carbonyl (C=O) groups is 1. The van der Waals surface area contributed by atoms with Gasteiger partial charge in [0.25, 0.3) is 0 Å². The highest BCUT2D eigenvalue weighted by Gasteiger charge is 2.25. The molecule has 0 radical (unpaired) electrons. The third-order valence-electron chi connectivity index (χ3n) is 6.39. The van der Waals surface area contributed by atoms with Crippen LogP contribution in [0.3, 0.4) is 0 Å². The van der Waals surface area contributed by atoms with Crippen molar-refractivity contribution in [1.82, 2.24) is 20.6 Å². The lowest BCUT2D eigenvalue weighted by molar-refractivity contribution is -0.122. The normalized spacial score (nSPS) is 16.5. The van der Waals surface area contributed by atoms with Gasteiger partial charge in [-0.3, -0.25) is 4.79 Å². The molecule has 35 heavy (non-hydrogen) atoms. The Morgan fingerprint density at radius 2 is 1.89 bits per heavy atom. The second-order valence-electron chi connectivity index (χ2n) is 8.85. The Hall–Kier alpha value is -2.67. The Bertz CT molecular complexity index is 1120. The molecule has 1 amide bonds. The van der Waals surface area contributed by atoms with Crippen molar-refractivity contribution in [2.45, 2.75) is 38.1 Å². The predicted molar refractivity (Wildman–Crippen MR) is 140 cm³/mol. The number of hydrogen-bond donors (Lipinski definition) is 2. The molecule has 2 unspecified atom stereocenters. The van der Waals surface area contributed by atoms with Crippen LogP contribution in [0, 0.1) is 5.92 Å². The molecule has 0 bridgehead atoms. The first-order valence-corrected chi connectivity index (χ1v) is 12.7. The lowest BCUT2D eigenvalue weighted by Gasteiger charge is -2.31. The van der Waals surface area contributed by atoms with Gasteiger partial charge in [-0.1, -0.05) is 41.4 Å². The molecule has 1 aromatic heterocycles. The van der Waals surface area contributed by atoms with Gasteiger partial charge in [-0.15, -0.1) is 0 Å². The zero-order valence-electron chi connectivity index (χ0n) is 19.8. The first-order chi connectivity index (χ1) is 17.0. The predicted octanol–water partition coefficient (Wildman–Crippen LogP) is 5.12. The Kier molecular flexibility index (Phi) is 8.96. The second kappa shape index (κ2) is 12.3. The van der Waals surface area contributed by atoms with E-state index < -0.39 is 0 Å². The summed E-state index contributed by atoms with van der Waals surface area (Å²) in [6.07, 6.45) is 7.30. The van der Waals surface area contributed by atoms with Crippen molar-refractivity contribution in [3.63, 3.8) is 0 Å². The van der Waals surface area contributed by atoms with E-state index in [4.69, 9.17) is 27.9 Å². The number of methoxy groups -OCH3 is 1. The van der Waals surface area contributed by atoms with Gasteiger partial charge < -0.3 is 15.4 Å². The maximum atomic E-state index is 12.9. The summed E-state index contributed by atoms with van der Waals surface area (Å²) in [6, 6.07) is 13.4. The topological polar surface area (TPSA) is 76.1 Å². The molecule has 1 fully saturated rings. The average Bonchev–Trinajstić information content (AvgIpc) is 2.90. The van der Waals surface area contributed by atoms with Crippen molar-refractivity contribution in [3.05, 3.63) is 76.3 Å². The summed E-state index contributed by atoms with van der Waals surface area (Å²) in [6.45, 7) is 1.91. The van der Waals surface area contributed by atoms with Crippen LogP contribution < -0.4 is 15.4 Å². The molecule has 4 rings (SSSR count). The minimum Gasteiger partial charge on any atom is -0.497 e. The highest BCUT2D eigenvalue weighted by molar-refractivity contribution is 6.42. The molecule has 2 heterocycles. The molecule has 1 aliphatic rings. The van der Waals surface area contributed by atoms with E-state index in [1.54, 1.807) is 19.5 Å². The quantitative estimate of drug-likeness (QED) is 0.416. The number of rotatable bonds is 9. The summed E-state index contributed by atoms with van der Waals surface area (Å²) in [5, 5.41) is 7.79. The maximum Gasteiger partial charge on any atom is 0.220 e. The standard InChI is InChI=1S/C27H30Cl2N4O2/c1-35-22-7-5-19(6-8-22)21-16-31-26(32-17-21)10-11-27(34)33-25(20-3-2-12-30-15-20)14-18-4-9-23(28)24(29)13-18/h4-9,13,16-17,20,25,30H,2-3,10-12,14-15H2,1H3,(H,33,34). The SMILES string of the molecule is COc1ccc(-c2cnc(CCC(=O)NC(Cc3ccc(Cl)c(Cl)c3)C3CCCNC3)nc2)cc1. The van der Waals surface area contributed by atoms with Crippen molar-refractivity contribution < 1.29 is 9.53 Å². The minimum atomic E-state index is 0.00321. The molecule has 0 spiro atoms. The fourth-order valence-corrected chi connectivity index (χ4v) is 4.72. The number of aromatic nitrogens is 2. The van der Waals surface area contributed by atoms with Gasteiger partial charge in [0.1, 0.15) is 11.6 Å². The number of ether oxygens (including phenoxy) is 1. The van der Waals surface area contributed by atoms with Crippen LogP contribution in [0.1, 0.15) is 30.7 Å². The first kappa shape index (κ1) is 25.4. The number of hydrogen-bond acceptors (Lipinski definition) is 5. The van der Waals surface area contributed by atoms with E-state index in [2.05, 4.69) is 20.6 Å². The Morgan fingerprint density at radius 1 is 1.11 bits per heavy atom. The van der Waals surface area contributed by atoms with Gasteiger partial charge in [0.15, 0.2) is 0 Å². The number of nitrogens with zero attached hydrogens (tertiary/aromatic N) is 2. The van der Waals surface area contributed by atoms with Gasteiger partial charge >= 0.3 is 0 Å². The summed E-state index contributed by atoms with van der Waals surface area (Å²) in [7, 11) is 1.64. The monoisotopic (exact) mass is 512 g/mol. The molecule has 8 heteroatoms. The van der Waals surface area contributed by atoms with Gasteiger partial charge in [0, 0.05) is 36.8 Å². The van der Waals surface area contributed by atoms with E-state index in [0.29, 0.717) is 41.1 Å². The zero-order valence-corrected chi connectivity index (χ0v) is 21.3. The van der Waals surface area contributed by atoms with Crippen molar-refractivity contribution >= 4 is 29.1 Å². The van der Waals surface area contributed by atoms with E-state index in [9.17, 15) is 4.79 Å². The van der Waals surface area contributed by atoms with Crippen LogP contribution in [-0.2, 0) is 17.6 Å².